The van der Waals surface area contributed by atoms with Crippen molar-refractivity contribution < 1.29 is 27.8 Å². The smallest absolute Gasteiger partial charge is 0.425 e. The molecule has 2 fully saturated rings. The van der Waals surface area contributed by atoms with E-state index in [4.69, 9.17) is 16.3 Å². The van der Waals surface area contributed by atoms with E-state index < -0.39 is 30.7 Å². The fourth-order valence-electron chi connectivity index (χ4n) is 5.20. The van der Waals surface area contributed by atoms with E-state index in [0.29, 0.717) is 49.0 Å². The highest BCUT2D eigenvalue weighted by Gasteiger charge is 2.45. The first-order valence-corrected chi connectivity index (χ1v) is 13.6. The van der Waals surface area contributed by atoms with Gasteiger partial charge >= 0.3 is 12.1 Å². The Morgan fingerprint density at radius 2 is 2.05 bits per heavy atom. The molecule has 2 aliphatic heterocycles. The van der Waals surface area contributed by atoms with Crippen molar-refractivity contribution in [2.24, 2.45) is 5.41 Å². The highest BCUT2D eigenvalue weighted by atomic mass is 35.5. The summed E-state index contributed by atoms with van der Waals surface area (Å²) in [6.07, 6.45) is -0.0236. The van der Waals surface area contributed by atoms with Crippen LogP contribution in [0.1, 0.15) is 50.5 Å². The van der Waals surface area contributed by atoms with E-state index >= 15 is 0 Å². The van der Waals surface area contributed by atoms with Crippen molar-refractivity contribution in [2.75, 3.05) is 24.5 Å². The number of ether oxygens (including phenoxy) is 1. The molecule has 9 nitrogen and oxygen atoms in total. The highest BCUT2D eigenvalue weighted by molar-refractivity contribution is 6.31. The van der Waals surface area contributed by atoms with E-state index in [9.17, 15) is 23.1 Å². The Hall–Kier alpha value is -3.12. The molecule has 2 aromatic heterocycles. The number of anilines is 1. The largest absolute Gasteiger partial charge is 0.480 e. The molecule has 0 bridgehead atoms. The Balaban J connectivity index is 1.53. The zero-order valence-electron chi connectivity index (χ0n) is 22.7. The van der Waals surface area contributed by atoms with Gasteiger partial charge in [0, 0.05) is 49.0 Å². The van der Waals surface area contributed by atoms with Gasteiger partial charge in [0.1, 0.15) is 17.7 Å². The van der Waals surface area contributed by atoms with E-state index in [-0.39, 0.29) is 22.8 Å². The van der Waals surface area contributed by atoms with Gasteiger partial charge in [-0.15, -0.1) is 0 Å². The number of alkyl halides is 3. The fourth-order valence-corrected chi connectivity index (χ4v) is 5.48. The lowest BCUT2D eigenvalue weighted by molar-refractivity contribution is -0.194. The second-order valence-electron chi connectivity index (χ2n) is 10.5. The second-order valence-corrected chi connectivity index (χ2v) is 10.9. The minimum absolute atomic E-state index is 0.108. The summed E-state index contributed by atoms with van der Waals surface area (Å²) in [4.78, 5) is 22.0. The molecule has 13 heteroatoms. The van der Waals surface area contributed by atoms with Crippen LogP contribution in [0.4, 0.5) is 19.0 Å². The SMILES string of the molecule is CC/C=C(Cl)\C=C(/C[C@@H](Oc1cc(N2CCC3(CC2)CN[C@H](C(=O)O)C3)nc(C)n1)C(F)(F)F)n1ccc(C)n1. The lowest BCUT2D eigenvalue weighted by Crippen LogP contribution is -2.41. The van der Waals surface area contributed by atoms with Crippen molar-refractivity contribution in [1.82, 2.24) is 25.1 Å². The van der Waals surface area contributed by atoms with Crippen LogP contribution in [-0.4, -0.2) is 68.8 Å². The molecule has 2 aromatic rings. The summed E-state index contributed by atoms with van der Waals surface area (Å²) in [6.45, 7) is 7.06. The number of nitrogens with zero attached hydrogens (tertiary/aromatic N) is 5. The lowest BCUT2D eigenvalue weighted by atomic mass is 9.76. The summed E-state index contributed by atoms with van der Waals surface area (Å²) in [5.41, 5.74) is 0.767. The average molecular weight is 583 g/mol. The molecule has 4 heterocycles. The van der Waals surface area contributed by atoms with Crippen LogP contribution < -0.4 is 15.0 Å². The van der Waals surface area contributed by atoms with Gasteiger partial charge in [-0.1, -0.05) is 24.6 Å². The number of carbonyl (C=O) groups is 1. The van der Waals surface area contributed by atoms with Crippen LogP contribution in [0.25, 0.3) is 5.70 Å². The molecule has 1 spiro atoms. The van der Waals surface area contributed by atoms with Crippen LogP contribution in [-0.2, 0) is 4.79 Å². The minimum atomic E-state index is -4.70. The van der Waals surface area contributed by atoms with Crippen molar-refractivity contribution in [1.29, 1.82) is 0 Å². The third kappa shape index (κ3) is 7.34. The zero-order valence-corrected chi connectivity index (χ0v) is 23.5. The number of piperidine rings is 1. The minimum Gasteiger partial charge on any atom is -0.480 e. The second kappa shape index (κ2) is 12.2. The number of hydrogen-bond acceptors (Lipinski definition) is 7. The topological polar surface area (TPSA) is 105 Å². The maximum atomic E-state index is 14.3. The van der Waals surface area contributed by atoms with Crippen molar-refractivity contribution in [2.45, 2.75) is 71.2 Å². The molecule has 0 unspecified atom stereocenters. The Morgan fingerprint density at radius 3 is 2.62 bits per heavy atom. The summed E-state index contributed by atoms with van der Waals surface area (Å²) < 4.78 is 49.6. The summed E-state index contributed by atoms with van der Waals surface area (Å²) in [7, 11) is 0. The quantitative estimate of drug-likeness (QED) is 0.394. The molecule has 4 rings (SSSR count). The Morgan fingerprint density at radius 1 is 1.32 bits per heavy atom. The number of halogens is 4. The molecule has 0 saturated carbocycles. The molecule has 2 aliphatic rings. The predicted molar refractivity (Wildman–Crippen MR) is 145 cm³/mol. The molecular formula is C27H34ClF3N6O3. The molecule has 40 heavy (non-hydrogen) atoms. The maximum Gasteiger partial charge on any atom is 0.425 e. The maximum absolute atomic E-state index is 14.3. The Kier molecular flexibility index (Phi) is 9.09. The summed E-state index contributed by atoms with van der Waals surface area (Å²) in [5, 5.41) is 17.0. The van der Waals surface area contributed by atoms with E-state index in [1.54, 1.807) is 32.2 Å². The van der Waals surface area contributed by atoms with Gasteiger partial charge in [0.2, 0.25) is 12.0 Å². The number of carboxylic acids is 1. The van der Waals surface area contributed by atoms with E-state index in [2.05, 4.69) is 20.4 Å². The van der Waals surface area contributed by atoms with Crippen LogP contribution >= 0.6 is 11.6 Å². The third-order valence-electron chi connectivity index (χ3n) is 7.35. The summed E-state index contributed by atoms with van der Waals surface area (Å²) in [6, 6.07) is 2.58. The van der Waals surface area contributed by atoms with Crippen molar-refractivity contribution in [3.63, 3.8) is 0 Å². The molecule has 218 valence electrons. The first-order chi connectivity index (χ1) is 18.9. The number of aromatic nitrogens is 4. The Bertz CT molecular complexity index is 1270. The number of rotatable bonds is 9. The van der Waals surface area contributed by atoms with Gasteiger partial charge < -0.3 is 20.1 Å². The van der Waals surface area contributed by atoms with Crippen LogP contribution in [0, 0.1) is 19.3 Å². The first-order valence-electron chi connectivity index (χ1n) is 13.3. The molecule has 2 N–H and O–H groups in total. The standard InChI is InChI=1S/C27H34ClF3N6O3/c1-4-5-19(28)12-20(37-9-6-17(2)35-37)13-22(27(29,30)31)40-24-14-23(33-18(3)34-24)36-10-7-26(8-11-36)15-21(25(38)39)32-16-26/h5-6,9,12,14,21-22,32H,4,7-8,10-11,13,15-16H2,1-3H3,(H,38,39)/b19-5+,20-12+/t21-,22+/m0/s1. The van der Waals surface area contributed by atoms with Gasteiger partial charge in [-0.25, -0.2) is 9.67 Å². The molecule has 0 amide bonds. The van der Waals surface area contributed by atoms with Gasteiger partial charge in [0.15, 0.2) is 0 Å². The van der Waals surface area contributed by atoms with Crippen LogP contribution in [0.5, 0.6) is 5.88 Å². The van der Waals surface area contributed by atoms with Crippen LogP contribution in [0.2, 0.25) is 0 Å². The average Bonchev–Trinajstić information content (AvgIpc) is 3.49. The molecule has 0 radical (unpaired) electrons. The van der Waals surface area contributed by atoms with Crippen LogP contribution in [0.15, 0.2) is 35.5 Å². The summed E-state index contributed by atoms with van der Waals surface area (Å²) >= 11 is 6.25. The normalized spacial score (nSPS) is 20.7. The van der Waals surface area contributed by atoms with E-state index in [1.165, 1.54) is 16.8 Å². The molecule has 0 aromatic carbocycles. The van der Waals surface area contributed by atoms with Gasteiger partial charge in [-0.05, 0) is 57.1 Å². The predicted octanol–water partition coefficient (Wildman–Crippen LogP) is 5.10. The Labute approximate surface area is 236 Å². The van der Waals surface area contributed by atoms with E-state index in [1.807, 2.05) is 11.8 Å². The number of allylic oxidation sites excluding steroid dienone is 3. The summed E-state index contributed by atoms with van der Waals surface area (Å²) in [5.74, 6) is -0.262. The lowest BCUT2D eigenvalue weighted by Gasteiger charge is -2.39. The molecular weight excluding hydrogens is 549 g/mol. The molecule has 2 atom stereocenters. The molecule has 0 aliphatic carbocycles. The van der Waals surface area contributed by atoms with Crippen molar-refractivity contribution in [3.8, 4) is 5.88 Å². The van der Waals surface area contributed by atoms with E-state index in [0.717, 1.165) is 12.8 Å². The monoisotopic (exact) mass is 582 g/mol. The zero-order chi connectivity index (χ0) is 29.1. The highest BCUT2D eigenvalue weighted by Crippen LogP contribution is 2.40. The number of hydrogen-bond donors (Lipinski definition) is 2. The number of aliphatic carboxylic acids is 1. The van der Waals surface area contributed by atoms with Crippen molar-refractivity contribution >= 4 is 29.1 Å². The van der Waals surface area contributed by atoms with Gasteiger partial charge in [0.05, 0.1) is 5.69 Å². The number of nitrogens with one attached hydrogen (secondary N) is 1. The van der Waals surface area contributed by atoms with Gasteiger partial charge in [0.25, 0.3) is 0 Å². The van der Waals surface area contributed by atoms with Gasteiger partial charge in [-0.3, -0.25) is 4.79 Å². The molecule has 2 saturated heterocycles. The van der Waals surface area contributed by atoms with Gasteiger partial charge in [-0.2, -0.15) is 23.3 Å². The number of aryl methyl sites for hydroxylation is 2. The first kappa shape index (κ1) is 29.9. The van der Waals surface area contributed by atoms with Crippen LogP contribution in [0.3, 0.4) is 0 Å². The third-order valence-corrected chi connectivity index (χ3v) is 7.61. The number of carboxylic acid groups (broad SMARTS) is 1. The fraction of sp³-hybridized carbons (Fsp3) is 0.556. The van der Waals surface area contributed by atoms with Crippen molar-refractivity contribution in [3.05, 3.63) is 47.0 Å².